The summed E-state index contributed by atoms with van der Waals surface area (Å²) in [6, 6.07) is 0. The van der Waals surface area contributed by atoms with E-state index < -0.39 is 0 Å². The average Bonchev–Trinajstić information content (AvgIpc) is 2.12. The molecule has 0 aliphatic rings. The van der Waals surface area contributed by atoms with Crippen molar-refractivity contribution in [3.05, 3.63) is 0 Å². The Morgan fingerprint density at radius 1 is 1.33 bits per heavy atom. The number of nitrogens with two attached hydrogens (primary N) is 2. The van der Waals surface area contributed by atoms with Gasteiger partial charge in [0.25, 0.3) is 0 Å². The van der Waals surface area contributed by atoms with Gasteiger partial charge in [0.15, 0.2) is 0 Å². The molecule has 0 aliphatic heterocycles. The molecule has 0 aromatic heterocycles. The Morgan fingerprint density at radius 2 is 1.92 bits per heavy atom. The highest BCUT2D eigenvalue weighted by Crippen LogP contribution is 1.95. The predicted octanol–water partition coefficient (Wildman–Crippen LogP) is -0.0641. The Labute approximate surface area is 74.8 Å². The summed E-state index contributed by atoms with van der Waals surface area (Å²) < 4.78 is 5.47. The van der Waals surface area contributed by atoms with Gasteiger partial charge in [-0.2, -0.15) is 0 Å². The Kier molecular flexibility index (Phi) is 7.39. The van der Waals surface area contributed by atoms with Crippen LogP contribution in [0.4, 0.5) is 0 Å². The maximum atomic E-state index is 5.47. The summed E-state index contributed by atoms with van der Waals surface area (Å²) in [5, 5.41) is 0. The molecule has 1 atom stereocenters. The largest absolute Gasteiger partial charge is 0.377 e. The number of nitrogens with zero attached hydrogens (tertiary/aromatic N) is 1. The van der Waals surface area contributed by atoms with E-state index in [-0.39, 0.29) is 0 Å². The Bertz CT molecular complexity index is 96.3. The van der Waals surface area contributed by atoms with Gasteiger partial charge in [-0.25, -0.2) is 0 Å². The number of hydrogen-bond donors (Lipinski definition) is 2. The lowest BCUT2D eigenvalue weighted by Crippen LogP contribution is -2.37. The zero-order chi connectivity index (χ0) is 9.40. The van der Waals surface area contributed by atoms with Crippen molar-refractivity contribution in [2.75, 3.05) is 26.5 Å². The van der Waals surface area contributed by atoms with Crippen LogP contribution < -0.4 is 11.5 Å². The van der Waals surface area contributed by atoms with Gasteiger partial charge in [-0.1, -0.05) is 6.92 Å². The normalized spacial score (nSPS) is 13.8. The molecule has 0 heterocycles. The summed E-state index contributed by atoms with van der Waals surface area (Å²) >= 11 is 0. The van der Waals surface area contributed by atoms with E-state index in [4.69, 9.17) is 16.2 Å². The number of hydrogen-bond acceptors (Lipinski definition) is 4. The van der Waals surface area contributed by atoms with Gasteiger partial charge in [0.1, 0.15) is 0 Å². The molecule has 0 amide bonds. The van der Waals surface area contributed by atoms with Crippen molar-refractivity contribution in [1.29, 1.82) is 0 Å². The van der Waals surface area contributed by atoms with Crippen LogP contribution in [0, 0.1) is 0 Å². The molecule has 0 saturated carbocycles. The maximum absolute atomic E-state index is 5.47. The van der Waals surface area contributed by atoms with Gasteiger partial charge in [-0.05, 0) is 13.3 Å². The van der Waals surface area contributed by atoms with Gasteiger partial charge in [-0.3, -0.25) is 4.90 Å². The van der Waals surface area contributed by atoms with E-state index in [1.165, 1.54) is 0 Å². The minimum absolute atomic E-state index is 0.336. The lowest BCUT2D eigenvalue weighted by atomic mass is 10.3. The van der Waals surface area contributed by atoms with Crippen molar-refractivity contribution in [3.8, 4) is 0 Å². The van der Waals surface area contributed by atoms with E-state index in [2.05, 4.69) is 13.8 Å². The van der Waals surface area contributed by atoms with E-state index in [9.17, 15) is 0 Å². The first-order valence-electron chi connectivity index (χ1n) is 4.48. The third kappa shape index (κ3) is 5.49. The quantitative estimate of drug-likeness (QED) is 0.532. The molecule has 4 heteroatoms. The predicted molar refractivity (Wildman–Crippen MR) is 50.5 cm³/mol. The van der Waals surface area contributed by atoms with Gasteiger partial charge in [0.2, 0.25) is 0 Å². The van der Waals surface area contributed by atoms with Crippen LogP contribution in [0.2, 0.25) is 0 Å². The van der Waals surface area contributed by atoms with Crippen LogP contribution in [0.3, 0.4) is 0 Å². The molecule has 4 nitrogen and oxygen atoms in total. The highest BCUT2D eigenvalue weighted by Gasteiger charge is 2.01. The van der Waals surface area contributed by atoms with Crippen molar-refractivity contribution in [2.45, 2.75) is 26.4 Å². The van der Waals surface area contributed by atoms with Crippen LogP contribution >= 0.6 is 0 Å². The summed E-state index contributed by atoms with van der Waals surface area (Å²) in [4.78, 5) is 1.93. The molecule has 0 radical (unpaired) electrons. The fourth-order valence-corrected chi connectivity index (χ4v) is 0.758. The van der Waals surface area contributed by atoms with Crippen LogP contribution in [0.25, 0.3) is 0 Å². The van der Waals surface area contributed by atoms with Crippen molar-refractivity contribution >= 4 is 0 Å². The summed E-state index contributed by atoms with van der Waals surface area (Å²) in [6.45, 7) is 6.70. The highest BCUT2D eigenvalue weighted by molar-refractivity contribution is 4.51. The summed E-state index contributed by atoms with van der Waals surface area (Å²) in [5.74, 6) is 0. The molecule has 0 aromatic carbocycles. The van der Waals surface area contributed by atoms with E-state index >= 15 is 0 Å². The maximum Gasteiger partial charge on any atom is 0.0598 e. The molecule has 0 spiro atoms. The summed E-state index contributed by atoms with van der Waals surface area (Å²) in [7, 11) is 0. The van der Waals surface area contributed by atoms with Crippen LogP contribution in [0.5, 0.6) is 0 Å². The second-order valence-electron chi connectivity index (χ2n) is 2.85. The van der Waals surface area contributed by atoms with E-state index in [1.54, 1.807) is 0 Å². The van der Waals surface area contributed by atoms with Gasteiger partial charge < -0.3 is 16.2 Å². The monoisotopic (exact) mass is 175 g/mol. The fourth-order valence-electron chi connectivity index (χ4n) is 0.758. The first kappa shape index (κ1) is 11.8. The standard InChI is InChI=1S/C8H21N3O/c1-3-8(2)12-5-4-11(6-9)7-10/h8H,3-7,9-10H2,1-2H3. The van der Waals surface area contributed by atoms with Crippen molar-refractivity contribution in [3.63, 3.8) is 0 Å². The van der Waals surface area contributed by atoms with Crippen LogP contribution in [0.15, 0.2) is 0 Å². The zero-order valence-corrected chi connectivity index (χ0v) is 8.12. The van der Waals surface area contributed by atoms with Crippen molar-refractivity contribution < 1.29 is 4.74 Å². The van der Waals surface area contributed by atoms with Gasteiger partial charge in [0.05, 0.1) is 12.7 Å². The average molecular weight is 175 g/mol. The van der Waals surface area contributed by atoms with Crippen molar-refractivity contribution in [1.82, 2.24) is 4.90 Å². The van der Waals surface area contributed by atoms with Crippen LogP contribution in [-0.2, 0) is 4.74 Å². The van der Waals surface area contributed by atoms with E-state index in [0.717, 1.165) is 13.0 Å². The molecule has 0 rings (SSSR count). The Hall–Kier alpha value is -0.160. The molecule has 0 saturated heterocycles. The van der Waals surface area contributed by atoms with Gasteiger partial charge in [0, 0.05) is 19.9 Å². The second kappa shape index (κ2) is 7.49. The molecule has 4 N–H and O–H groups in total. The zero-order valence-electron chi connectivity index (χ0n) is 8.12. The molecule has 12 heavy (non-hydrogen) atoms. The minimum atomic E-state index is 0.336. The molecule has 0 bridgehead atoms. The molecule has 1 unspecified atom stereocenters. The van der Waals surface area contributed by atoms with E-state index in [1.807, 2.05) is 4.90 Å². The molecular weight excluding hydrogens is 154 g/mol. The molecule has 74 valence electrons. The molecule has 0 aromatic rings. The molecule has 0 fully saturated rings. The SMILES string of the molecule is CCC(C)OCCN(CN)CN. The highest BCUT2D eigenvalue weighted by atomic mass is 16.5. The van der Waals surface area contributed by atoms with Gasteiger partial charge >= 0.3 is 0 Å². The van der Waals surface area contributed by atoms with Crippen LogP contribution in [0.1, 0.15) is 20.3 Å². The minimum Gasteiger partial charge on any atom is -0.377 e. The topological polar surface area (TPSA) is 64.5 Å². The smallest absolute Gasteiger partial charge is 0.0598 e. The second-order valence-corrected chi connectivity index (χ2v) is 2.85. The van der Waals surface area contributed by atoms with Crippen LogP contribution in [-0.4, -0.2) is 37.5 Å². The molecule has 0 aliphatic carbocycles. The Balaban J connectivity index is 3.28. The third-order valence-corrected chi connectivity index (χ3v) is 1.90. The lowest BCUT2D eigenvalue weighted by Gasteiger charge is -2.18. The number of rotatable bonds is 7. The summed E-state index contributed by atoms with van der Waals surface area (Å²) in [5.41, 5.74) is 10.8. The Morgan fingerprint density at radius 3 is 2.33 bits per heavy atom. The van der Waals surface area contributed by atoms with Gasteiger partial charge in [-0.15, -0.1) is 0 Å². The lowest BCUT2D eigenvalue weighted by molar-refractivity contribution is 0.0471. The first-order chi connectivity index (χ1) is 5.74. The summed E-state index contributed by atoms with van der Waals surface area (Å²) in [6.07, 6.45) is 1.38. The number of ether oxygens (including phenoxy) is 1. The third-order valence-electron chi connectivity index (χ3n) is 1.90. The molecular formula is C8H21N3O. The van der Waals surface area contributed by atoms with E-state index in [0.29, 0.717) is 26.0 Å². The first-order valence-corrected chi connectivity index (χ1v) is 4.48. The van der Waals surface area contributed by atoms with Crippen molar-refractivity contribution in [2.24, 2.45) is 11.5 Å². The fraction of sp³-hybridized carbons (Fsp3) is 1.00.